The highest BCUT2D eigenvalue weighted by Crippen LogP contribution is 2.50. The third-order valence-electron chi connectivity index (χ3n) is 7.04. The SMILES string of the molecule is CN[C@@H](CC1(C)CCCC1)C(=O)CC1(C(O)C(=O)Cc2ccn(C)n2)CC(F)C1. The first-order valence-electron chi connectivity index (χ1n) is 10.7. The van der Waals surface area contributed by atoms with Gasteiger partial charge in [0.2, 0.25) is 0 Å². The Kier molecular flexibility index (Phi) is 6.58. The Bertz CT molecular complexity index is 735. The van der Waals surface area contributed by atoms with E-state index >= 15 is 0 Å². The minimum absolute atomic E-state index is 0.0115. The zero-order valence-electron chi connectivity index (χ0n) is 17.8. The van der Waals surface area contributed by atoms with Crippen molar-refractivity contribution in [2.45, 2.75) is 83.0 Å². The number of halogens is 1. The van der Waals surface area contributed by atoms with Gasteiger partial charge in [-0.15, -0.1) is 0 Å². The summed E-state index contributed by atoms with van der Waals surface area (Å²) in [5.74, 6) is -0.427. The molecule has 0 radical (unpaired) electrons. The van der Waals surface area contributed by atoms with Gasteiger partial charge in [0.05, 0.1) is 18.2 Å². The van der Waals surface area contributed by atoms with E-state index in [-0.39, 0.29) is 42.9 Å². The number of aliphatic hydroxyl groups is 1. The maximum atomic E-state index is 13.8. The molecule has 0 aromatic carbocycles. The van der Waals surface area contributed by atoms with Gasteiger partial charge in [0, 0.05) is 25.1 Å². The maximum Gasteiger partial charge on any atom is 0.167 e. The van der Waals surface area contributed by atoms with Crippen LogP contribution in [-0.4, -0.2) is 51.8 Å². The second-order valence-corrected chi connectivity index (χ2v) is 9.60. The number of aryl methyl sites for hydroxylation is 1. The van der Waals surface area contributed by atoms with E-state index in [4.69, 9.17) is 0 Å². The molecule has 0 amide bonds. The Morgan fingerprint density at radius 2 is 2.00 bits per heavy atom. The standard InChI is InChI=1S/C22H34FN3O3/c1-21(7-4-5-8-21)13-17(24-2)19(28)14-22(11-15(23)12-22)20(29)18(27)10-16-6-9-26(3)25-16/h6,9,15,17,20,24,29H,4-5,7-8,10-14H2,1-3H3/t15?,17-,20?,22?/m0/s1. The summed E-state index contributed by atoms with van der Waals surface area (Å²) in [4.78, 5) is 25.8. The minimum Gasteiger partial charge on any atom is -0.385 e. The molecule has 6 nitrogen and oxygen atoms in total. The van der Waals surface area contributed by atoms with E-state index < -0.39 is 23.5 Å². The summed E-state index contributed by atoms with van der Waals surface area (Å²) in [7, 11) is 3.53. The lowest BCUT2D eigenvalue weighted by Crippen LogP contribution is -2.54. The largest absolute Gasteiger partial charge is 0.385 e. The van der Waals surface area contributed by atoms with Gasteiger partial charge in [0.1, 0.15) is 18.1 Å². The fourth-order valence-corrected chi connectivity index (χ4v) is 5.23. The lowest BCUT2D eigenvalue weighted by Gasteiger charge is -2.47. The molecule has 0 bridgehead atoms. The number of aliphatic hydroxyl groups excluding tert-OH is 1. The van der Waals surface area contributed by atoms with Crippen molar-refractivity contribution >= 4 is 11.6 Å². The van der Waals surface area contributed by atoms with Crippen LogP contribution in [0, 0.1) is 10.8 Å². The molecule has 2 fully saturated rings. The van der Waals surface area contributed by atoms with Crippen LogP contribution in [0.4, 0.5) is 4.39 Å². The Morgan fingerprint density at radius 1 is 1.34 bits per heavy atom. The molecule has 0 saturated heterocycles. The van der Waals surface area contributed by atoms with Crippen LogP contribution in [0.2, 0.25) is 0 Å². The number of hydrogen-bond acceptors (Lipinski definition) is 5. The monoisotopic (exact) mass is 407 g/mol. The van der Waals surface area contributed by atoms with Gasteiger partial charge in [-0.2, -0.15) is 5.10 Å². The number of carbonyl (C=O) groups excluding carboxylic acids is 2. The predicted molar refractivity (Wildman–Crippen MR) is 108 cm³/mol. The van der Waals surface area contributed by atoms with Gasteiger partial charge >= 0.3 is 0 Å². The average Bonchev–Trinajstić information content (AvgIpc) is 3.25. The van der Waals surface area contributed by atoms with E-state index in [0.717, 1.165) is 19.3 Å². The molecule has 0 aliphatic heterocycles. The third kappa shape index (κ3) is 4.94. The van der Waals surface area contributed by atoms with Gasteiger partial charge in [-0.25, -0.2) is 4.39 Å². The number of hydrogen-bond donors (Lipinski definition) is 2. The number of carbonyl (C=O) groups is 2. The average molecular weight is 408 g/mol. The van der Waals surface area contributed by atoms with Crippen LogP contribution in [0.3, 0.4) is 0 Å². The zero-order valence-corrected chi connectivity index (χ0v) is 17.8. The van der Waals surface area contributed by atoms with Crippen molar-refractivity contribution in [2.75, 3.05) is 7.05 Å². The summed E-state index contributed by atoms with van der Waals surface area (Å²) in [5, 5.41) is 18.1. The molecule has 2 saturated carbocycles. The normalized spacial score (nSPS) is 28.0. The molecule has 1 unspecified atom stereocenters. The lowest BCUT2D eigenvalue weighted by molar-refractivity contribution is -0.149. The van der Waals surface area contributed by atoms with Crippen LogP contribution in [-0.2, 0) is 23.1 Å². The summed E-state index contributed by atoms with van der Waals surface area (Å²) >= 11 is 0. The number of nitrogens with zero attached hydrogens (tertiary/aromatic N) is 2. The van der Waals surface area contributed by atoms with Crippen molar-refractivity contribution in [3.63, 3.8) is 0 Å². The van der Waals surface area contributed by atoms with Crippen LogP contribution in [0.1, 0.15) is 64.0 Å². The number of aromatic nitrogens is 2. The quantitative estimate of drug-likeness (QED) is 0.623. The maximum absolute atomic E-state index is 13.8. The second kappa shape index (κ2) is 8.64. The number of likely N-dealkylation sites (N-methyl/N-ethyl adjacent to an activating group) is 1. The molecular formula is C22H34FN3O3. The van der Waals surface area contributed by atoms with E-state index in [1.165, 1.54) is 12.8 Å². The number of rotatable bonds is 10. The molecule has 2 N–H and O–H groups in total. The number of ketones is 2. The summed E-state index contributed by atoms with van der Waals surface area (Å²) < 4.78 is 15.4. The first kappa shape index (κ1) is 22.1. The van der Waals surface area contributed by atoms with Gasteiger partial charge in [-0.1, -0.05) is 19.8 Å². The topological polar surface area (TPSA) is 84.2 Å². The van der Waals surface area contributed by atoms with Gasteiger partial charge in [-0.3, -0.25) is 14.3 Å². The van der Waals surface area contributed by atoms with Crippen LogP contribution in [0.25, 0.3) is 0 Å². The van der Waals surface area contributed by atoms with E-state index in [2.05, 4.69) is 17.3 Å². The molecule has 1 aromatic rings. The molecule has 1 aromatic heterocycles. The van der Waals surface area contributed by atoms with Crippen LogP contribution in [0.15, 0.2) is 12.3 Å². The van der Waals surface area contributed by atoms with E-state index in [0.29, 0.717) is 5.69 Å². The number of Topliss-reactive ketones (excluding diaryl/α,β-unsaturated/α-hetero) is 2. The number of nitrogens with one attached hydrogen (secondary N) is 1. The highest BCUT2D eigenvalue weighted by atomic mass is 19.1. The third-order valence-corrected chi connectivity index (χ3v) is 7.04. The Labute approximate surface area is 172 Å². The summed E-state index contributed by atoms with van der Waals surface area (Å²) in [6.45, 7) is 2.22. The summed E-state index contributed by atoms with van der Waals surface area (Å²) in [6.07, 6.45) is 4.80. The Hall–Kier alpha value is -1.60. The lowest BCUT2D eigenvalue weighted by atomic mass is 9.59. The van der Waals surface area contributed by atoms with Crippen molar-refractivity contribution in [3.8, 4) is 0 Å². The van der Waals surface area contributed by atoms with Crippen LogP contribution < -0.4 is 5.32 Å². The molecule has 1 heterocycles. The van der Waals surface area contributed by atoms with Crippen molar-refractivity contribution < 1.29 is 19.1 Å². The van der Waals surface area contributed by atoms with Crippen molar-refractivity contribution in [3.05, 3.63) is 18.0 Å². The summed E-state index contributed by atoms with van der Waals surface area (Å²) in [6, 6.07) is 1.40. The van der Waals surface area contributed by atoms with Gasteiger partial charge in [-0.05, 0) is 50.6 Å². The molecule has 29 heavy (non-hydrogen) atoms. The molecule has 7 heteroatoms. The van der Waals surface area contributed by atoms with Gasteiger partial charge in [0.25, 0.3) is 0 Å². The summed E-state index contributed by atoms with van der Waals surface area (Å²) in [5.41, 5.74) is -0.281. The fourth-order valence-electron chi connectivity index (χ4n) is 5.23. The van der Waals surface area contributed by atoms with Gasteiger partial charge in [0.15, 0.2) is 5.78 Å². The van der Waals surface area contributed by atoms with Crippen LogP contribution >= 0.6 is 0 Å². The van der Waals surface area contributed by atoms with E-state index in [9.17, 15) is 19.1 Å². The highest BCUT2D eigenvalue weighted by Gasteiger charge is 2.53. The molecule has 162 valence electrons. The molecule has 2 atom stereocenters. The first-order valence-corrected chi connectivity index (χ1v) is 10.7. The molecule has 3 rings (SSSR count). The smallest absolute Gasteiger partial charge is 0.167 e. The van der Waals surface area contributed by atoms with E-state index in [1.54, 1.807) is 31.0 Å². The zero-order chi connectivity index (χ0) is 21.2. The fraction of sp³-hybridized carbons (Fsp3) is 0.773. The first-order chi connectivity index (χ1) is 13.7. The second-order valence-electron chi connectivity index (χ2n) is 9.60. The van der Waals surface area contributed by atoms with Crippen LogP contribution in [0.5, 0.6) is 0 Å². The molecule has 2 aliphatic carbocycles. The predicted octanol–water partition coefficient (Wildman–Crippen LogP) is 2.53. The Balaban J connectivity index is 1.67. The highest BCUT2D eigenvalue weighted by molar-refractivity contribution is 5.89. The van der Waals surface area contributed by atoms with Crippen molar-refractivity contribution in [1.82, 2.24) is 15.1 Å². The van der Waals surface area contributed by atoms with Crippen molar-refractivity contribution in [2.24, 2.45) is 17.9 Å². The van der Waals surface area contributed by atoms with E-state index in [1.807, 2.05) is 0 Å². The Morgan fingerprint density at radius 3 is 2.52 bits per heavy atom. The minimum atomic E-state index is -1.35. The molecule has 0 spiro atoms. The molecular weight excluding hydrogens is 373 g/mol. The number of alkyl halides is 1. The van der Waals surface area contributed by atoms with Crippen molar-refractivity contribution in [1.29, 1.82) is 0 Å². The van der Waals surface area contributed by atoms with Gasteiger partial charge < -0.3 is 10.4 Å². The molecule has 2 aliphatic rings.